The van der Waals surface area contributed by atoms with Gasteiger partial charge in [0.2, 0.25) is 0 Å². The minimum Gasteiger partial charge on any atom is -0.447 e. The van der Waals surface area contributed by atoms with Gasteiger partial charge in [0.1, 0.15) is 6.61 Å². The van der Waals surface area contributed by atoms with Crippen LogP contribution in [-0.2, 0) is 16.0 Å². The number of imide groups is 1. The maximum Gasteiger partial charge on any atom is 0.417 e. The largest absolute Gasteiger partial charge is 0.447 e. The summed E-state index contributed by atoms with van der Waals surface area (Å²) in [6.07, 6.45) is 3.63. The molecular formula is C15H15NO3. The van der Waals surface area contributed by atoms with Crippen LogP contribution in [0.3, 0.4) is 0 Å². The summed E-state index contributed by atoms with van der Waals surface area (Å²) in [6, 6.07) is 9.63. The maximum atomic E-state index is 12.1. The second kappa shape index (κ2) is 4.88. The summed E-state index contributed by atoms with van der Waals surface area (Å²) in [5.74, 6) is -0.240. The average Bonchev–Trinajstić information content (AvgIpc) is 3.14. The molecule has 0 unspecified atom stereocenters. The Kier molecular flexibility index (Phi) is 3.07. The van der Waals surface area contributed by atoms with Crippen molar-refractivity contribution in [2.45, 2.75) is 25.3 Å². The number of carbonyl (C=O) groups excluding carboxylic acids is 2. The van der Waals surface area contributed by atoms with Gasteiger partial charge in [0.25, 0.3) is 5.91 Å². The molecule has 4 heteroatoms. The number of rotatable bonds is 3. The number of benzene rings is 1. The van der Waals surface area contributed by atoms with Gasteiger partial charge in [-0.05, 0) is 24.8 Å². The second-order valence-corrected chi connectivity index (χ2v) is 4.93. The van der Waals surface area contributed by atoms with Crippen LogP contribution in [0.25, 0.3) is 0 Å². The summed E-state index contributed by atoms with van der Waals surface area (Å²) >= 11 is 0. The van der Waals surface area contributed by atoms with Gasteiger partial charge in [-0.2, -0.15) is 0 Å². The summed E-state index contributed by atoms with van der Waals surface area (Å²) in [7, 11) is 0. The van der Waals surface area contributed by atoms with E-state index < -0.39 is 6.09 Å². The standard InChI is InChI=1S/C15H15NO3/c17-14(9-12-6-7-12)16-13(10-19-15(16)18)8-11-4-2-1-3-5-11/h1-5,9,13H,6-8,10H2/t13-/m0/s1. The molecular weight excluding hydrogens is 242 g/mol. The molecule has 0 N–H and O–H groups in total. The predicted molar refractivity (Wildman–Crippen MR) is 69.4 cm³/mol. The van der Waals surface area contributed by atoms with E-state index in [2.05, 4.69) is 0 Å². The van der Waals surface area contributed by atoms with Crippen LogP contribution in [0.2, 0.25) is 0 Å². The van der Waals surface area contributed by atoms with Crippen molar-refractivity contribution in [1.29, 1.82) is 0 Å². The Balaban J connectivity index is 1.74. The molecule has 0 bridgehead atoms. The van der Waals surface area contributed by atoms with Crippen molar-refractivity contribution in [1.82, 2.24) is 4.90 Å². The lowest BCUT2D eigenvalue weighted by Crippen LogP contribution is -2.39. The van der Waals surface area contributed by atoms with Gasteiger partial charge in [-0.3, -0.25) is 4.79 Å². The number of amides is 2. The van der Waals surface area contributed by atoms with Gasteiger partial charge < -0.3 is 4.74 Å². The highest BCUT2D eigenvalue weighted by molar-refractivity contribution is 6.00. The van der Waals surface area contributed by atoms with Gasteiger partial charge >= 0.3 is 6.09 Å². The van der Waals surface area contributed by atoms with Crippen molar-refractivity contribution >= 4 is 12.0 Å². The van der Waals surface area contributed by atoms with Crippen molar-refractivity contribution < 1.29 is 14.3 Å². The number of hydrogen-bond acceptors (Lipinski definition) is 3. The monoisotopic (exact) mass is 257 g/mol. The molecule has 1 aromatic rings. The van der Waals surface area contributed by atoms with E-state index in [9.17, 15) is 9.59 Å². The van der Waals surface area contributed by atoms with Crippen LogP contribution < -0.4 is 0 Å². The number of carbonyl (C=O) groups is 2. The Hall–Kier alpha value is -2.10. The first-order valence-electron chi connectivity index (χ1n) is 6.47. The summed E-state index contributed by atoms with van der Waals surface area (Å²) in [5, 5.41) is 0. The smallest absolute Gasteiger partial charge is 0.417 e. The van der Waals surface area contributed by atoms with Gasteiger partial charge in [-0.15, -0.1) is 0 Å². The highest BCUT2D eigenvalue weighted by Crippen LogP contribution is 2.28. The number of cyclic esters (lactones) is 1. The van der Waals surface area contributed by atoms with E-state index in [1.807, 2.05) is 30.3 Å². The van der Waals surface area contributed by atoms with Crippen LogP contribution in [-0.4, -0.2) is 29.5 Å². The Morgan fingerprint density at radius 1 is 1.32 bits per heavy atom. The highest BCUT2D eigenvalue weighted by atomic mass is 16.6. The molecule has 1 aliphatic heterocycles. The van der Waals surface area contributed by atoms with Crippen LogP contribution in [0.5, 0.6) is 0 Å². The molecule has 0 spiro atoms. The van der Waals surface area contributed by atoms with E-state index in [1.54, 1.807) is 6.08 Å². The van der Waals surface area contributed by atoms with Crippen molar-refractivity contribution in [2.24, 2.45) is 0 Å². The fourth-order valence-corrected chi connectivity index (χ4v) is 2.23. The fourth-order valence-electron chi connectivity index (χ4n) is 2.23. The molecule has 3 rings (SSSR count). The molecule has 0 radical (unpaired) electrons. The van der Waals surface area contributed by atoms with Crippen molar-refractivity contribution in [3.05, 3.63) is 47.5 Å². The van der Waals surface area contributed by atoms with Gasteiger partial charge in [0.15, 0.2) is 0 Å². The van der Waals surface area contributed by atoms with Crippen molar-refractivity contribution in [3.8, 4) is 0 Å². The lowest BCUT2D eigenvalue weighted by molar-refractivity contribution is -0.124. The quantitative estimate of drug-likeness (QED) is 0.780. The third-order valence-corrected chi connectivity index (χ3v) is 3.38. The third-order valence-electron chi connectivity index (χ3n) is 3.38. The highest BCUT2D eigenvalue weighted by Gasteiger charge is 2.37. The molecule has 1 saturated heterocycles. The molecule has 1 atom stereocenters. The molecule has 2 fully saturated rings. The molecule has 1 saturated carbocycles. The van der Waals surface area contributed by atoms with Gasteiger partial charge in [-0.1, -0.05) is 35.9 Å². The molecule has 1 aromatic carbocycles. The lowest BCUT2D eigenvalue weighted by atomic mass is 10.1. The summed E-state index contributed by atoms with van der Waals surface area (Å²) in [6.45, 7) is 0.280. The molecule has 0 aromatic heterocycles. The third kappa shape index (κ3) is 2.67. The average molecular weight is 257 g/mol. The SMILES string of the molecule is O=C(C=C1CC1)N1C(=O)OC[C@@H]1Cc1ccccc1. The van der Waals surface area contributed by atoms with Gasteiger partial charge in [0.05, 0.1) is 6.04 Å². The summed E-state index contributed by atoms with van der Waals surface area (Å²) in [5.41, 5.74) is 2.21. The fraction of sp³-hybridized carbons (Fsp3) is 0.333. The van der Waals surface area contributed by atoms with E-state index >= 15 is 0 Å². The molecule has 2 amide bonds. The van der Waals surface area contributed by atoms with E-state index in [0.717, 1.165) is 24.0 Å². The van der Waals surface area contributed by atoms with E-state index in [0.29, 0.717) is 6.42 Å². The molecule has 98 valence electrons. The van der Waals surface area contributed by atoms with Crippen molar-refractivity contribution in [3.63, 3.8) is 0 Å². The molecule has 2 aliphatic rings. The van der Waals surface area contributed by atoms with Crippen LogP contribution >= 0.6 is 0 Å². The molecule has 1 aliphatic carbocycles. The van der Waals surface area contributed by atoms with Crippen LogP contribution in [0.15, 0.2) is 42.0 Å². The topological polar surface area (TPSA) is 46.6 Å². The van der Waals surface area contributed by atoms with E-state index in [1.165, 1.54) is 4.90 Å². The second-order valence-electron chi connectivity index (χ2n) is 4.93. The van der Waals surface area contributed by atoms with E-state index in [-0.39, 0.29) is 18.6 Å². The van der Waals surface area contributed by atoms with Gasteiger partial charge in [0, 0.05) is 6.08 Å². The predicted octanol–water partition coefficient (Wildman–Crippen LogP) is 2.30. The Labute approximate surface area is 111 Å². The summed E-state index contributed by atoms with van der Waals surface area (Å²) in [4.78, 5) is 25.0. The lowest BCUT2D eigenvalue weighted by Gasteiger charge is -2.17. The molecule has 19 heavy (non-hydrogen) atoms. The van der Waals surface area contributed by atoms with Crippen LogP contribution in [0.1, 0.15) is 18.4 Å². The Morgan fingerprint density at radius 2 is 2.05 bits per heavy atom. The zero-order chi connectivity index (χ0) is 13.2. The van der Waals surface area contributed by atoms with Crippen LogP contribution in [0, 0.1) is 0 Å². The zero-order valence-corrected chi connectivity index (χ0v) is 10.5. The molecule has 4 nitrogen and oxygen atoms in total. The zero-order valence-electron chi connectivity index (χ0n) is 10.5. The minimum atomic E-state index is -0.525. The van der Waals surface area contributed by atoms with Crippen molar-refractivity contribution in [2.75, 3.05) is 6.61 Å². The minimum absolute atomic E-state index is 0.196. The first-order chi connectivity index (χ1) is 9.24. The van der Waals surface area contributed by atoms with Crippen LogP contribution in [0.4, 0.5) is 4.79 Å². The Bertz CT molecular complexity index is 530. The summed E-state index contributed by atoms with van der Waals surface area (Å²) < 4.78 is 5.01. The Morgan fingerprint density at radius 3 is 2.74 bits per heavy atom. The number of ether oxygens (including phenoxy) is 1. The number of nitrogens with zero attached hydrogens (tertiary/aromatic N) is 1. The normalized spacial score (nSPS) is 21.3. The maximum absolute atomic E-state index is 12.1. The number of hydrogen-bond donors (Lipinski definition) is 0. The first-order valence-corrected chi connectivity index (χ1v) is 6.47. The van der Waals surface area contributed by atoms with Gasteiger partial charge in [-0.25, -0.2) is 9.69 Å². The first kappa shape index (κ1) is 12.0. The number of allylic oxidation sites excluding steroid dienone is 1. The van der Waals surface area contributed by atoms with E-state index in [4.69, 9.17) is 4.74 Å². The molecule has 1 heterocycles.